The van der Waals surface area contributed by atoms with Crippen molar-refractivity contribution in [3.63, 3.8) is 0 Å². The Hall–Kier alpha value is -1.92. The van der Waals surface area contributed by atoms with Crippen LogP contribution in [-0.2, 0) is 11.3 Å². The SMILES string of the molecule is Cc1cc([C@@H](C)NC(=O)[C@](C)(O)Cn2c(C)cccc2=O)c(C)s1. The van der Waals surface area contributed by atoms with E-state index in [2.05, 4.69) is 5.32 Å². The molecule has 2 rings (SSSR count). The summed E-state index contributed by atoms with van der Waals surface area (Å²) in [5.74, 6) is -0.492. The van der Waals surface area contributed by atoms with Gasteiger partial charge in [-0.2, -0.15) is 0 Å². The molecule has 2 heterocycles. The van der Waals surface area contributed by atoms with Gasteiger partial charge in [0, 0.05) is 21.5 Å². The lowest BCUT2D eigenvalue weighted by Crippen LogP contribution is -2.49. The van der Waals surface area contributed by atoms with Crippen LogP contribution in [0.15, 0.2) is 29.1 Å². The highest BCUT2D eigenvalue weighted by atomic mass is 32.1. The lowest BCUT2D eigenvalue weighted by Gasteiger charge is -2.26. The first kappa shape index (κ1) is 18.4. The van der Waals surface area contributed by atoms with Gasteiger partial charge in [0.05, 0.1) is 12.6 Å². The van der Waals surface area contributed by atoms with Gasteiger partial charge in [-0.15, -0.1) is 11.3 Å². The number of hydrogen-bond acceptors (Lipinski definition) is 4. The lowest BCUT2D eigenvalue weighted by atomic mass is 10.0. The zero-order valence-corrected chi connectivity index (χ0v) is 15.5. The molecule has 0 unspecified atom stereocenters. The molecule has 2 N–H and O–H groups in total. The highest BCUT2D eigenvalue weighted by Gasteiger charge is 2.32. The molecule has 130 valence electrons. The Balaban J connectivity index is 2.15. The fraction of sp³-hybridized carbons (Fsp3) is 0.444. The minimum atomic E-state index is -1.68. The van der Waals surface area contributed by atoms with Crippen LogP contribution in [0.3, 0.4) is 0 Å². The molecule has 0 aliphatic heterocycles. The molecular formula is C18H24N2O3S. The van der Waals surface area contributed by atoms with Crippen molar-refractivity contribution in [2.45, 2.75) is 52.8 Å². The third-order valence-electron chi connectivity index (χ3n) is 4.12. The number of aromatic nitrogens is 1. The number of aryl methyl sites for hydroxylation is 3. The van der Waals surface area contributed by atoms with Gasteiger partial charge in [0.25, 0.3) is 11.5 Å². The average Bonchev–Trinajstić information content (AvgIpc) is 2.82. The van der Waals surface area contributed by atoms with Crippen molar-refractivity contribution in [1.29, 1.82) is 0 Å². The molecule has 2 aromatic rings. The normalized spacial score (nSPS) is 14.9. The summed E-state index contributed by atoms with van der Waals surface area (Å²) in [4.78, 5) is 26.8. The minimum absolute atomic E-state index is 0.0846. The number of thiophene rings is 1. The molecule has 0 aromatic carbocycles. The number of aliphatic hydroxyl groups is 1. The summed E-state index contributed by atoms with van der Waals surface area (Å²) in [6, 6.07) is 6.69. The number of rotatable bonds is 5. The quantitative estimate of drug-likeness (QED) is 0.872. The van der Waals surface area contributed by atoms with Gasteiger partial charge in [-0.25, -0.2) is 0 Å². The van der Waals surface area contributed by atoms with Crippen molar-refractivity contribution in [2.24, 2.45) is 0 Å². The lowest BCUT2D eigenvalue weighted by molar-refractivity contribution is -0.140. The third kappa shape index (κ3) is 3.94. The molecule has 0 aliphatic rings. The highest BCUT2D eigenvalue weighted by Crippen LogP contribution is 2.26. The summed E-state index contributed by atoms with van der Waals surface area (Å²) in [5.41, 5.74) is -0.161. The van der Waals surface area contributed by atoms with Crippen molar-refractivity contribution in [2.75, 3.05) is 0 Å². The van der Waals surface area contributed by atoms with E-state index in [0.717, 1.165) is 10.4 Å². The molecular weight excluding hydrogens is 324 g/mol. The van der Waals surface area contributed by atoms with Crippen LogP contribution in [0.1, 0.15) is 40.9 Å². The number of nitrogens with zero attached hydrogens (tertiary/aromatic N) is 1. The van der Waals surface area contributed by atoms with Crippen LogP contribution in [0.5, 0.6) is 0 Å². The predicted octanol–water partition coefficient (Wildman–Crippen LogP) is 2.46. The van der Waals surface area contributed by atoms with Crippen LogP contribution >= 0.6 is 11.3 Å². The topological polar surface area (TPSA) is 71.3 Å². The maximum Gasteiger partial charge on any atom is 0.254 e. The van der Waals surface area contributed by atoms with E-state index in [0.29, 0.717) is 5.69 Å². The van der Waals surface area contributed by atoms with Gasteiger partial charge in [0.15, 0.2) is 5.60 Å². The highest BCUT2D eigenvalue weighted by molar-refractivity contribution is 7.12. The van der Waals surface area contributed by atoms with Gasteiger partial charge in [0.2, 0.25) is 0 Å². The summed E-state index contributed by atoms with van der Waals surface area (Å²) in [7, 11) is 0. The molecule has 0 aliphatic carbocycles. The van der Waals surface area contributed by atoms with Crippen LogP contribution in [0.25, 0.3) is 0 Å². The fourth-order valence-electron chi connectivity index (χ4n) is 2.72. The summed E-state index contributed by atoms with van der Waals surface area (Å²) in [6.07, 6.45) is 0. The fourth-order valence-corrected chi connectivity index (χ4v) is 3.74. The van der Waals surface area contributed by atoms with Crippen molar-refractivity contribution in [3.05, 3.63) is 55.6 Å². The molecule has 0 bridgehead atoms. The molecule has 24 heavy (non-hydrogen) atoms. The third-order valence-corrected chi connectivity index (χ3v) is 5.10. The molecule has 5 nitrogen and oxygen atoms in total. The Morgan fingerprint density at radius 1 is 1.38 bits per heavy atom. The Morgan fingerprint density at radius 3 is 2.58 bits per heavy atom. The van der Waals surface area contributed by atoms with Gasteiger partial charge < -0.3 is 15.0 Å². The van der Waals surface area contributed by atoms with Crippen molar-refractivity contribution in [3.8, 4) is 0 Å². The van der Waals surface area contributed by atoms with Crippen LogP contribution in [0.4, 0.5) is 0 Å². The van der Waals surface area contributed by atoms with E-state index in [9.17, 15) is 14.7 Å². The summed E-state index contributed by atoms with van der Waals surface area (Å²) < 4.78 is 1.41. The van der Waals surface area contributed by atoms with E-state index in [4.69, 9.17) is 0 Å². The zero-order chi connectivity index (χ0) is 18.1. The predicted molar refractivity (Wildman–Crippen MR) is 96.4 cm³/mol. The van der Waals surface area contributed by atoms with Crippen LogP contribution in [0, 0.1) is 20.8 Å². The monoisotopic (exact) mass is 348 g/mol. The van der Waals surface area contributed by atoms with Crippen molar-refractivity contribution in [1.82, 2.24) is 9.88 Å². The summed E-state index contributed by atoms with van der Waals surface area (Å²) in [6.45, 7) is 9.05. The molecule has 1 amide bonds. The van der Waals surface area contributed by atoms with Crippen molar-refractivity contribution < 1.29 is 9.90 Å². The Morgan fingerprint density at radius 2 is 2.04 bits per heavy atom. The maximum atomic E-state index is 12.5. The van der Waals surface area contributed by atoms with Crippen LogP contribution in [0.2, 0.25) is 0 Å². The Kier molecular flexibility index (Phi) is 5.30. The largest absolute Gasteiger partial charge is 0.378 e. The maximum absolute atomic E-state index is 12.5. The van der Waals surface area contributed by atoms with Gasteiger partial charge in [-0.1, -0.05) is 6.07 Å². The van der Waals surface area contributed by atoms with Gasteiger partial charge in [-0.3, -0.25) is 9.59 Å². The van der Waals surface area contributed by atoms with Crippen molar-refractivity contribution >= 4 is 17.2 Å². The minimum Gasteiger partial charge on any atom is -0.378 e. The van der Waals surface area contributed by atoms with Crippen LogP contribution < -0.4 is 10.9 Å². The summed E-state index contributed by atoms with van der Waals surface area (Å²) in [5, 5.41) is 13.4. The van der Waals surface area contributed by atoms with Crippen LogP contribution in [-0.4, -0.2) is 21.2 Å². The number of amides is 1. The second-order valence-electron chi connectivity index (χ2n) is 6.43. The number of carbonyl (C=O) groups is 1. The van der Waals surface area contributed by atoms with E-state index < -0.39 is 11.5 Å². The van der Waals surface area contributed by atoms with E-state index in [1.807, 2.05) is 26.8 Å². The molecule has 6 heteroatoms. The molecule has 2 aromatic heterocycles. The first-order valence-electron chi connectivity index (χ1n) is 7.88. The van der Waals surface area contributed by atoms with E-state index in [1.54, 1.807) is 30.4 Å². The zero-order valence-electron chi connectivity index (χ0n) is 14.7. The molecule has 0 spiro atoms. The summed E-state index contributed by atoms with van der Waals surface area (Å²) >= 11 is 1.68. The van der Waals surface area contributed by atoms with E-state index in [1.165, 1.54) is 22.4 Å². The number of hydrogen-bond donors (Lipinski definition) is 2. The van der Waals surface area contributed by atoms with Gasteiger partial charge >= 0.3 is 0 Å². The van der Waals surface area contributed by atoms with E-state index >= 15 is 0 Å². The standard InChI is InChI=1S/C18H24N2O3S/c1-11-7-6-8-16(21)20(11)10-18(5,23)17(22)19-13(3)15-9-12(2)24-14(15)4/h6-9,13,23H,10H2,1-5H3,(H,19,22)/t13-,18-/m1/s1. The number of pyridine rings is 1. The molecule has 0 saturated heterocycles. The molecule has 2 atom stereocenters. The second-order valence-corrected chi connectivity index (χ2v) is 7.89. The van der Waals surface area contributed by atoms with Gasteiger partial charge in [-0.05, 0) is 52.3 Å². The van der Waals surface area contributed by atoms with Gasteiger partial charge in [0.1, 0.15) is 0 Å². The second kappa shape index (κ2) is 6.91. The first-order chi connectivity index (χ1) is 11.1. The Labute approximate surface area is 146 Å². The first-order valence-corrected chi connectivity index (χ1v) is 8.70. The molecule has 0 radical (unpaired) electrons. The Bertz CT molecular complexity index is 805. The average molecular weight is 348 g/mol. The molecule has 0 fully saturated rings. The number of carbonyl (C=O) groups excluding carboxylic acids is 1. The smallest absolute Gasteiger partial charge is 0.254 e. The van der Waals surface area contributed by atoms with E-state index in [-0.39, 0.29) is 18.1 Å². The number of nitrogens with one attached hydrogen (secondary N) is 1. The molecule has 0 saturated carbocycles.